The Balaban J connectivity index is 1.65. The fourth-order valence-electron chi connectivity index (χ4n) is 2.35. The van der Waals surface area contributed by atoms with Crippen molar-refractivity contribution in [2.75, 3.05) is 26.2 Å². The molecule has 1 atom stereocenters. The summed E-state index contributed by atoms with van der Waals surface area (Å²) in [6.45, 7) is 10.4. The van der Waals surface area contributed by atoms with Gasteiger partial charge in [0.05, 0.1) is 0 Å². The predicted octanol–water partition coefficient (Wildman–Crippen LogP) is 2.49. The Morgan fingerprint density at radius 3 is 3.00 bits per heavy atom. The Kier molecular flexibility index (Phi) is 4.38. The fourth-order valence-corrected chi connectivity index (χ4v) is 3.21. The zero-order valence-corrected chi connectivity index (χ0v) is 11.1. The van der Waals surface area contributed by atoms with E-state index in [1.807, 2.05) is 11.3 Å². The van der Waals surface area contributed by atoms with Crippen molar-refractivity contribution in [2.24, 2.45) is 5.92 Å². The van der Waals surface area contributed by atoms with Crippen LogP contribution in [0.3, 0.4) is 0 Å². The third kappa shape index (κ3) is 3.30. The summed E-state index contributed by atoms with van der Waals surface area (Å²) in [6.07, 6.45) is 1.37. The van der Waals surface area contributed by atoms with Crippen LogP contribution in [-0.2, 0) is 6.54 Å². The van der Waals surface area contributed by atoms with Gasteiger partial charge in [-0.3, -0.25) is 0 Å². The van der Waals surface area contributed by atoms with Gasteiger partial charge in [-0.1, -0.05) is 6.92 Å². The molecule has 0 amide bonds. The van der Waals surface area contributed by atoms with E-state index in [4.69, 9.17) is 0 Å². The first-order valence-electron chi connectivity index (χ1n) is 6.26. The van der Waals surface area contributed by atoms with Crippen LogP contribution in [0.4, 0.5) is 0 Å². The molecular formula is C13H22N2S. The molecule has 16 heavy (non-hydrogen) atoms. The van der Waals surface area contributed by atoms with Crippen molar-refractivity contribution in [3.05, 3.63) is 21.9 Å². The van der Waals surface area contributed by atoms with E-state index in [1.165, 1.54) is 42.4 Å². The Morgan fingerprint density at radius 2 is 2.38 bits per heavy atom. The molecular weight excluding hydrogens is 216 g/mol. The van der Waals surface area contributed by atoms with Gasteiger partial charge in [-0.2, -0.15) is 0 Å². The largest absolute Gasteiger partial charge is 0.312 e. The molecule has 1 aliphatic rings. The van der Waals surface area contributed by atoms with E-state index in [-0.39, 0.29) is 0 Å². The maximum Gasteiger partial charge on any atom is 0.0299 e. The van der Waals surface area contributed by atoms with Gasteiger partial charge in [-0.25, -0.2) is 0 Å². The van der Waals surface area contributed by atoms with Crippen molar-refractivity contribution in [1.29, 1.82) is 0 Å². The summed E-state index contributed by atoms with van der Waals surface area (Å²) in [7, 11) is 0. The SMILES string of the molecule is CCN1CCC(CNCc2ccc(C)s2)C1. The molecule has 2 heterocycles. The molecule has 0 aliphatic carbocycles. The van der Waals surface area contributed by atoms with Crippen LogP contribution >= 0.6 is 11.3 Å². The number of likely N-dealkylation sites (tertiary alicyclic amines) is 1. The number of hydrogen-bond acceptors (Lipinski definition) is 3. The third-order valence-electron chi connectivity index (χ3n) is 3.35. The summed E-state index contributed by atoms with van der Waals surface area (Å²) < 4.78 is 0. The van der Waals surface area contributed by atoms with Gasteiger partial charge in [0.1, 0.15) is 0 Å². The van der Waals surface area contributed by atoms with Crippen molar-refractivity contribution in [1.82, 2.24) is 10.2 Å². The lowest BCUT2D eigenvalue weighted by Gasteiger charge is -2.13. The highest BCUT2D eigenvalue weighted by molar-refractivity contribution is 7.11. The smallest absolute Gasteiger partial charge is 0.0299 e. The molecule has 90 valence electrons. The van der Waals surface area contributed by atoms with E-state index in [0.717, 1.165) is 12.5 Å². The molecule has 1 aliphatic heterocycles. The van der Waals surface area contributed by atoms with Crippen LogP contribution in [0.1, 0.15) is 23.1 Å². The third-order valence-corrected chi connectivity index (χ3v) is 4.35. The van der Waals surface area contributed by atoms with Crippen LogP contribution in [0, 0.1) is 12.8 Å². The van der Waals surface area contributed by atoms with Crippen molar-refractivity contribution in [3.8, 4) is 0 Å². The second-order valence-corrected chi connectivity index (χ2v) is 6.06. The molecule has 2 rings (SSSR count). The van der Waals surface area contributed by atoms with Gasteiger partial charge in [0, 0.05) is 22.8 Å². The molecule has 1 fully saturated rings. The summed E-state index contributed by atoms with van der Waals surface area (Å²) in [5.41, 5.74) is 0. The number of hydrogen-bond donors (Lipinski definition) is 1. The molecule has 1 aromatic rings. The van der Waals surface area contributed by atoms with E-state index in [0.29, 0.717) is 0 Å². The van der Waals surface area contributed by atoms with Gasteiger partial charge >= 0.3 is 0 Å². The van der Waals surface area contributed by atoms with Crippen LogP contribution in [0.5, 0.6) is 0 Å². The molecule has 0 radical (unpaired) electrons. The van der Waals surface area contributed by atoms with Crippen LogP contribution < -0.4 is 5.32 Å². The second-order valence-electron chi connectivity index (χ2n) is 4.69. The maximum absolute atomic E-state index is 3.59. The van der Waals surface area contributed by atoms with E-state index in [2.05, 4.69) is 36.2 Å². The average Bonchev–Trinajstić information content (AvgIpc) is 2.88. The van der Waals surface area contributed by atoms with Gasteiger partial charge in [-0.15, -0.1) is 11.3 Å². The van der Waals surface area contributed by atoms with E-state index in [1.54, 1.807) is 0 Å². The Bertz CT molecular complexity index is 321. The van der Waals surface area contributed by atoms with Crippen molar-refractivity contribution >= 4 is 11.3 Å². The van der Waals surface area contributed by atoms with Gasteiger partial charge in [-0.05, 0) is 51.0 Å². The summed E-state index contributed by atoms with van der Waals surface area (Å²) in [5.74, 6) is 0.862. The minimum absolute atomic E-state index is 0.862. The Hall–Kier alpha value is -0.380. The molecule has 3 heteroatoms. The molecule has 0 saturated carbocycles. The lowest BCUT2D eigenvalue weighted by molar-refractivity contribution is 0.339. The molecule has 1 saturated heterocycles. The van der Waals surface area contributed by atoms with Crippen molar-refractivity contribution in [2.45, 2.75) is 26.8 Å². The van der Waals surface area contributed by atoms with Crippen molar-refractivity contribution in [3.63, 3.8) is 0 Å². The number of nitrogens with zero attached hydrogens (tertiary/aromatic N) is 1. The highest BCUT2D eigenvalue weighted by Gasteiger charge is 2.20. The van der Waals surface area contributed by atoms with E-state index in [9.17, 15) is 0 Å². The summed E-state index contributed by atoms with van der Waals surface area (Å²) in [4.78, 5) is 5.42. The first-order valence-corrected chi connectivity index (χ1v) is 7.08. The molecule has 1 unspecified atom stereocenters. The summed E-state index contributed by atoms with van der Waals surface area (Å²) in [6, 6.07) is 4.44. The molecule has 1 aromatic heterocycles. The van der Waals surface area contributed by atoms with E-state index >= 15 is 0 Å². The number of aryl methyl sites for hydroxylation is 1. The van der Waals surface area contributed by atoms with Crippen LogP contribution in [0.25, 0.3) is 0 Å². The highest BCUT2D eigenvalue weighted by atomic mass is 32.1. The lowest BCUT2D eigenvalue weighted by atomic mass is 10.1. The minimum Gasteiger partial charge on any atom is -0.312 e. The topological polar surface area (TPSA) is 15.3 Å². The van der Waals surface area contributed by atoms with Gasteiger partial charge in [0.15, 0.2) is 0 Å². The number of nitrogens with one attached hydrogen (secondary N) is 1. The Labute approximate surface area is 103 Å². The first-order chi connectivity index (χ1) is 7.78. The van der Waals surface area contributed by atoms with Gasteiger partial charge in [0.25, 0.3) is 0 Å². The lowest BCUT2D eigenvalue weighted by Crippen LogP contribution is -2.25. The quantitative estimate of drug-likeness (QED) is 0.848. The monoisotopic (exact) mass is 238 g/mol. The van der Waals surface area contributed by atoms with E-state index < -0.39 is 0 Å². The molecule has 1 N–H and O–H groups in total. The summed E-state index contributed by atoms with van der Waals surface area (Å²) >= 11 is 1.90. The standard InChI is InChI=1S/C13H22N2S/c1-3-15-7-6-12(10-15)8-14-9-13-5-4-11(2)16-13/h4-5,12,14H,3,6-10H2,1-2H3. The molecule has 0 bridgehead atoms. The highest BCUT2D eigenvalue weighted by Crippen LogP contribution is 2.16. The Morgan fingerprint density at radius 1 is 1.50 bits per heavy atom. The van der Waals surface area contributed by atoms with Crippen molar-refractivity contribution < 1.29 is 0 Å². The van der Waals surface area contributed by atoms with Gasteiger partial charge < -0.3 is 10.2 Å². The normalized spacial score (nSPS) is 21.8. The number of thiophene rings is 1. The van der Waals surface area contributed by atoms with Crippen LogP contribution in [-0.4, -0.2) is 31.1 Å². The zero-order chi connectivity index (χ0) is 11.4. The maximum atomic E-state index is 3.59. The average molecular weight is 238 g/mol. The first kappa shape index (κ1) is 12.1. The molecule has 0 spiro atoms. The fraction of sp³-hybridized carbons (Fsp3) is 0.692. The predicted molar refractivity (Wildman–Crippen MR) is 71.0 cm³/mol. The van der Waals surface area contributed by atoms with Crippen LogP contribution in [0.15, 0.2) is 12.1 Å². The van der Waals surface area contributed by atoms with Gasteiger partial charge in [0.2, 0.25) is 0 Å². The summed E-state index contributed by atoms with van der Waals surface area (Å²) in [5, 5.41) is 3.59. The zero-order valence-electron chi connectivity index (χ0n) is 10.3. The second kappa shape index (κ2) is 5.80. The molecule has 0 aromatic carbocycles. The molecule has 2 nitrogen and oxygen atoms in total. The number of rotatable bonds is 5. The van der Waals surface area contributed by atoms with Crippen LogP contribution in [0.2, 0.25) is 0 Å². The minimum atomic E-state index is 0.862.